The van der Waals surface area contributed by atoms with Crippen LogP contribution in [0.2, 0.25) is 0 Å². The summed E-state index contributed by atoms with van der Waals surface area (Å²) >= 11 is 0. The molecule has 1 aromatic rings. The van der Waals surface area contributed by atoms with E-state index in [1.165, 1.54) is 6.92 Å². The summed E-state index contributed by atoms with van der Waals surface area (Å²) in [6.45, 7) is 2.23. The van der Waals surface area contributed by atoms with Crippen molar-refractivity contribution in [2.24, 2.45) is 0 Å². The average molecular weight is 318 g/mol. The minimum Gasteiger partial charge on any atom is -0.388 e. The quantitative estimate of drug-likeness (QED) is 0.728. The summed E-state index contributed by atoms with van der Waals surface area (Å²) in [6.07, 6.45) is 5.86. The first-order valence-electron chi connectivity index (χ1n) is 8.32. The lowest BCUT2D eigenvalue weighted by Gasteiger charge is -2.26. The normalized spacial score (nSPS) is 17.1. The number of amides is 2. The number of benzene rings is 1. The van der Waals surface area contributed by atoms with Crippen molar-refractivity contribution in [3.05, 3.63) is 35.4 Å². The Kier molecular flexibility index (Phi) is 6.16. The first-order valence-corrected chi connectivity index (χ1v) is 8.32. The van der Waals surface area contributed by atoms with E-state index in [0.717, 1.165) is 44.1 Å². The number of carbonyl (C=O) groups excluding carboxylic acids is 2. The molecule has 5 nitrogen and oxygen atoms in total. The molecule has 0 saturated heterocycles. The second-order valence-corrected chi connectivity index (χ2v) is 6.43. The summed E-state index contributed by atoms with van der Waals surface area (Å²) in [5.41, 5.74) is 0.741. The van der Waals surface area contributed by atoms with Gasteiger partial charge < -0.3 is 15.7 Å². The number of rotatable bonds is 5. The lowest BCUT2D eigenvalue weighted by molar-refractivity contribution is -0.119. The third kappa shape index (κ3) is 5.67. The summed E-state index contributed by atoms with van der Waals surface area (Å²) in [7, 11) is 0. The highest BCUT2D eigenvalue weighted by molar-refractivity contribution is 5.94. The molecule has 3 N–H and O–H groups in total. The van der Waals surface area contributed by atoms with E-state index in [4.69, 9.17) is 0 Å². The Morgan fingerprint density at radius 3 is 2.22 bits per heavy atom. The van der Waals surface area contributed by atoms with Crippen LogP contribution in [0.5, 0.6) is 0 Å². The van der Waals surface area contributed by atoms with E-state index >= 15 is 0 Å². The van der Waals surface area contributed by atoms with Gasteiger partial charge in [0.15, 0.2) is 0 Å². The van der Waals surface area contributed by atoms with E-state index in [0.29, 0.717) is 18.7 Å². The molecular weight excluding hydrogens is 292 g/mol. The fourth-order valence-electron chi connectivity index (χ4n) is 2.91. The summed E-state index contributed by atoms with van der Waals surface area (Å²) in [5.74, 6) is -0.253. The van der Waals surface area contributed by atoms with E-state index < -0.39 is 5.60 Å². The molecule has 0 spiro atoms. The van der Waals surface area contributed by atoms with Crippen LogP contribution < -0.4 is 10.6 Å². The van der Waals surface area contributed by atoms with Crippen LogP contribution in [0.1, 0.15) is 61.4 Å². The van der Waals surface area contributed by atoms with Crippen molar-refractivity contribution in [2.75, 3.05) is 6.54 Å². The molecule has 0 heterocycles. The van der Waals surface area contributed by atoms with E-state index in [2.05, 4.69) is 10.6 Å². The van der Waals surface area contributed by atoms with Crippen LogP contribution in [0.25, 0.3) is 0 Å². The Balaban J connectivity index is 1.86. The molecule has 5 heteroatoms. The molecule has 0 bridgehead atoms. The summed E-state index contributed by atoms with van der Waals surface area (Å²) in [6, 6.07) is 7.13. The van der Waals surface area contributed by atoms with Crippen molar-refractivity contribution < 1.29 is 14.7 Å². The molecule has 1 saturated carbocycles. The Morgan fingerprint density at radius 2 is 1.65 bits per heavy atom. The average Bonchev–Trinajstić information content (AvgIpc) is 2.76. The molecule has 0 radical (unpaired) electrons. The fourth-order valence-corrected chi connectivity index (χ4v) is 2.91. The minimum absolute atomic E-state index is 0.0801. The van der Waals surface area contributed by atoms with E-state index in [1.54, 1.807) is 12.1 Å². The third-order valence-electron chi connectivity index (χ3n) is 4.37. The largest absolute Gasteiger partial charge is 0.388 e. The van der Waals surface area contributed by atoms with Gasteiger partial charge in [-0.05, 0) is 30.5 Å². The van der Waals surface area contributed by atoms with Gasteiger partial charge in [-0.3, -0.25) is 9.59 Å². The standard InChI is InChI=1S/C18H26N2O3/c1-14(21)19-12-15-6-8-16(9-7-15)17(22)20-13-18(23)10-4-2-3-5-11-18/h6-9,23H,2-5,10-13H2,1H3,(H,19,21)(H,20,22). The summed E-state index contributed by atoms with van der Waals surface area (Å²) in [5, 5.41) is 16.1. The van der Waals surface area contributed by atoms with Gasteiger partial charge in [0.2, 0.25) is 5.91 Å². The lowest BCUT2D eigenvalue weighted by Crippen LogP contribution is -2.42. The van der Waals surface area contributed by atoms with Gasteiger partial charge in [0, 0.05) is 25.6 Å². The Labute approximate surface area is 137 Å². The number of carbonyl (C=O) groups is 2. The fraction of sp³-hybridized carbons (Fsp3) is 0.556. The van der Waals surface area contributed by atoms with E-state index in [-0.39, 0.29) is 11.8 Å². The van der Waals surface area contributed by atoms with Crippen molar-refractivity contribution >= 4 is 11.8 Å². The maximum absolute atomic E-state index is 12.2. The molecule has 23 heavy (non-hydrogen) atoms. The highest BCUT2D eigenvalue weighted by atomic mass is 16.3. The SMILES string of the molecule is CC(=O)NCc1ccc(C(=O)NCC2(O)CCCCCC2)cc1. The Bertz CT molecular complexity index is 532. The smallest absolute Gasteiger partial charge is 0.251 e. The van der Waals surface area contributed by atoms with Gasteiger partial charge in [-0.1, -0.05) is 37.8 Å². The molecule has 1 aromatic carbocycles. The molecule has 0 aromatic heterocycles. The molecule has 2 amide bonds. The van der Waals surface area contributed by atoms with Crippen molar-refractivity contribution in [3.8, 4) is 0 Å². The van der Waals surface area contributed by atoms with Gasteiger partial charge in [0.1, 0.15) is 0 Å². The van der Waals surface area contributed by atoms with Crippen LogP contribution in [-0.2, 0) is 11.3 Å². The van der Waals surface area contributed by atoms with Crippen LogP contribution in [0.3, 0.4) is 0 Å². The second kappa shape index (κ2) is 8.11. The van der Waals surface area contributed by atoms with Crippen molar-refractivity contribution in [1.29, 1.82) is 0 Å². The number of hydrogen-bond acceptors (Lipinski definition) is 3. The van der Waals surface area contributed by atoms with Crippen LogP contribution in [0, 0.1) is 0 Å². The van der Waals surface area contributed by atoms with E-state index in [1.807, 2.05) is 12.1 Å². The molecule has 2 rings (SSSR count). The van der Waals surface area contributed by atoms with Crippen LogP contribution in [0.4, 0.5) is 0 Å². The monoisotopic (exact) mass is 318 g/mol. The molecule has 126 valence electrons. The Morgan fingerprint density at radius 1 is 1.04 bits per heavy atom. The van der Waals surface area contributed by atoms with Gasteiger partial charge >= 0.3 is 0 Å². The van der Waals surface area contributed by atoms with E-state index in [9.17, 15) is 14.7 Å². The maximum atomic E-state index is 12.2. The highest BCUT2D eigenvalue weighted by Gasteiger charge is 2.28. The Hall–Kier alpha value is -1.88. The third-order valence-corrected chi connectivity index (χ3v) is 4.37. The lowest BCUT2D eigenvalue weighted by atomic mass is 9.94. The molecular formula is C18H26N2O3. The summed E-state index contributed by atoms with van der Waals surface area (Å²) < 4.78 is 0. The number of nitrogens with one attached hydrogen (secondary N) is 2. The van der Waals surface area contributed by atoms with Gasteiger partial charge in [0.25, 0.3) is 5.91 Å². The van der Waals surface area contributed by atoms with Crippen LogP contribution in [0.15, 0.2) is 24.3 Å². The molecule has 1 aliphatic rings. The minimum atomic E-state index is -0.766. The van der Waals surface area contributed by atoms with Gasteiger partial charge in [-0.15, -0.1) is 0 Å². The van der Waals surface area contributed by atoms with Crippen molar-refractivity contribution in [1.82, 2.24) is 10.6 Å². The predicted molar refractivity (Wildman–Crippen MR) is 88.9 cm³/mol. The number of aliphatic hydroxyl groups is 1. The topological polar surface area (TPSA) is 78.4 Å². The van der Waals surface area contributed by atoms with Gasteiger partial charge in [-0.2, -0.15) is 0 Å². The maximum Gasteiger partial charge on any atom is 0.251 e. The molecule has 0 atom stereocenters. The zero-order chi connectivity index (χ0) is 16.7. The first-order chi connectivity index (χ1) is 11.0. The molecule has 1 fully saturated rings. The van der Waals surface area contributed by atoms with Crippen LogP contribution >= 0.6 is 0 Å². The zero-order valence-corrected chi connectivity index (χ0v) is 13.7. The van der Waals surface area contributed by atoms with Crippen molar-refractivity contribution in [3.63, 3.8) is 0 Å². The van der Waals surface area contributed by atoms with Crippen LogP contribution in [-0.4, -0.2) is 29.1 Å². The zero-order valence-electron chi connectivity index (χ0n) is 13.7. The first kappa shape index (κ1) is 17.5. The second-order valence-electron chi connectivity index (χ2n) is 6.43. The van der Waals surface area contributed by atoms with Gasteiger partial charge in [-0.25, -0.2) is 0 Å². The van der Waals surface area contributed by atoms with Crippen molar-refractivity contribution in [2.45, 2.75) is 57.6 Å². The molecule has 1 aliphatic carbocycles. The highest BCUT2D eigenvalue weighted by Crippen LogP contribution is 2.26. The summed E-state index contributed by atoms with van der Waals surface area (Å²) in [4.78, 5) is 23.1. The predicted octanol–water partition coefficient (Wildman–Crippen LogP) is 2.14. The van der Waals surface area contributed by atoms with Gasteiger partial charge in [0.05, 0.1) is 5.60 Å². The molecule has 0 unspecified atom stereocenters. The number of hydrogen-bond donors (Lipinski definition) is 3. The molecule has 0 aliphatic heterocycles.